The Morgan fingerprint density at radius 3 is 2.70 bits per heavy atom. The second-order valence-electron chi connectivity index (χ2n) is 6.32. The minimum absolute atomic E-state index is 0.797. The zero-order valence-electron chi connectivity index (χ0n) is 14.5. The largest absolute Gasteiger partial charge is 0.360 e. The zero-order chi connectivity index (χ0) is 18.1. The third-order valence-electron chi connectivity index (χ3n) is 4.47. The monoisotopic (exact) mass is 371 g/mol. The lowest BCUT2D eigenvalue weighted by atomic mass is 10.1. The number of rotatable bonds is 5. The maximum Gasteiger partial charge on any atom is 0.214 e. The van der Waals surface area contributed by atoms with Crippen LogP contribution in [-0.2, 0) is 6.42 Å². The summed E-state index contributed by atoms with van der Waals surface area (Å²) in [7, 11) is 0. The summed E-state index contributed by atoms with van der Waals surface area (Å²) in [5, 5.41) is 11.3. The Hall–Kier alpha value is -3.25. The fourth-order valence-electron chi connectivity index (χ4n) is 3.10. The van der Waals surface area contributed by atoms with Crippen molar-refractivity contribution in [3.63, 3.8) is 0 Å². The molecule has 0 fully saturated rings. The van der Waals surface area contributed by atoms with Crippen molar-refractivity contribution >= 4 is 32.2 Å². The van der Waals surface area contributed by atoms with Gasteiger partial charge in [0, 0.05) is 30.4 Å². The van der Waals surface area contributed by atoms with Crippen molar-refractivity contribution in [3.05, 3.63) is 78.8 Å². The fourth-order valence-corrected chi connectivity index (χ4v) is 3.91. The normalized spacial score (nSPS) is 11.3. The number of pyridine rings is 1. The highest BCUT2D eigenvalue weighted by molar-refractivity contribution is 7.20. The molecule has 132 valence electrons. The van der Waals surface area contributed by atoms with Crippen LogP contribution in [0.15, 0.2) is 73.1 Å². The lowest BCUT2D eigenvalue weighted by Crippen LogP contribution is -2.05. The Balaban J connectivity index is 1.33. The molecule has 0 aliphatic carbocycles. The number of benzene rings is 2. The van der Waals surface area contributed by atoms with Gasteiger partial charge in [-0.3, -0.25) is 4.98 Å². The number of aromatic nitrogens is 4. The highest BCUT2D eigenvalue weighted by Crippen LogP contribution is 2.27. The molecule has 6 heteroatoms. The van der Waals surface area contributed by atoms with Gasteiger partial charge in [0.1, 0.15) is 0 Å². The van der Waals surface area contributed by atoms with E-state index in [1.54, 1.807) is 11.3 Å². The first-order valence-electron chi connectivity index (χ1n) is 8.84. The molecule has 5 rings (SSSR count). The second-order valence-corrected chi connectivity index (χ2v) is 7.28. The van der Waals surface area contributed by atoms with Crippen LogP contribution in [-0.4, -0.2) is 26.1 Å². The van der Waals surface area contributed by atoms with E-state index < -0.39 is 0 Å². The number of nitrogens with one attached hydrogen (secondary N) is 1. The molecule has 5 aromatic rings. The molecular formula is C21H17N5S. The van der Waals surface area contributed by atoms with Crippen LogP contribution in [0.1, 0.15) is 5.69 Å². The summed E-state index contributed by atoms with van der Waals surface area (Å²) in [4.78, 5) is 9.97. The molecule has 0 bridgehead atoms. The van der Waals surface area contributed by atoms with E-state index in [-0.39, 0.29) is 0 Å². The van der Waals surface area contributed by atoms with Crippen molar-refractivity contribution < 1.29 is 0 Å². The molecule has 0 saturated carbocycles. The van der Waals surface area contributed by atoms with Crippen molar-refractivity contribution in [2.75, 3.05) is 11.9 Å². The molecule has 0 unspecified atom stereocenters. The third kappa shape index (κ3) is 3.27. The first kappa shape index (κ1) is 16.0. The van der Waals surface area contributed by atoms with Crippen LogP contribution >= 0.6 is 11.3 Å². The van der Waals surface area contributed by atoms with Crippen LogP contribution in [0, 0.1) is 0 Å². The summed E-state index contributed by atoms with van der Waals surface area (Å²) in [5.74, 6) is 0. The van der Waals surface area contributed by atoms with Crippen LogP contribution in [0.5, 0.6) is 0 Å². The van der Waals surface area contributed by atoms with Crippen LogP contribution in [0.2, 0.25) is 0 Å². The Kier molecular flexibility index (Phi) is 4.03. The molecule has 0 amide bonds. The van der Waals surface area contributed by atoms with Crippen molar-refractivity contribution in [1.29, 1.82) is 0 Å². The van der Waals surface area contributed by atoms with Gasteiger partial charge in [0.25, 0.3) is 0 Å². The van der Waals surface area contributed by atoms with E-state index in [2.05, 4.69) is 57.9 Å². The lowest BCUT2D eigenvalue weighted by molar-refractivity contribution is 0.929. The molecule has 0 radical (unpaired) electrons. The van der Waals surface area contributed by atoms with Crippen LogP contribution < -0.4 is 5.32 Å². The number of fused-ring (bicyclic) bond motifs is 2. The van der Waals surface area contributed by atoms with Gasteiger partial charge in [0.15, 0.2) is 0 Å². The SMILES string of the molecule is c1ccc(CCNc2nn3cc(-c4ccc5ccccc5c4)nc3s2)nc1. The molecule has 3 aromatic heterocycles. The van der Waals surface area contributed by atoms with Gasteiger partial charge in [0.2, 0.25) is 10.1 Å². The highest BCUT2D eigenvalue weighted by Gasteiger charge is 2.10. The molecule has 27 heavy (non-hydrogen) atoms. The Morgan fingerprint density at radius 1 is 0.963 bits per heavy atom. The standard InChI is InChI=1S/C21H17N5S/c1-2-6-16-13-17(9-8-15(16)5-1)19-14-26-21(24-19)27-20(25-26)23-12-10-18-7-3-4-11-22-18/h1-9,11,13-14H,10,12H2,(H,23,25). The molecule has 0 saturated heterocycles. The van der Waals surface area contributed by atoms with Gasteiger partial charge < -0.3 is 5.32 Å². The minimum Gasteiger partial charge on any atom is -0.360 e. The molecule has 0 aliphatic heterocycles. The van der Waals surface area contributed by atoms with E-state index >= 15 is 0 Å². The van der Waals surface area contributed by atoms with Crippen molar-refractivity contribution in [2.24, 2.45) is 0 Å². The van der Waals surface area contributed by atoms with Gasteiger partial charge in [-0.25, -0.2) is 9.50 Å². The van der Waals surface area contributed by atoms with E-state index in [0.29, 0.717) is 0 Å². The molecule has 3 heterocycles. The Morgan fingerprint density at radius 2 is 1.85 bits per heavy atom. The predicted molar refractivity (Wildman–Crippen MR) is 110 cm³/mol. The predicted octanol–water partition coefficient (Wildman–Crippen LogP) is 4.66. The Bertz CT molecular complexity index is 1180. The number of anilines is 1. The summed E-state index contributed by atoms with van der Waals surface area (Å²) in [5.41, 5.74) is 3.13. The first-order chi connectivity index (χ1) is 13.3. The summed E-state index contributed by atoms with van der Waals surface area (Å²) in [6, 6.07) is 20.8. The second kappa shape index (κ2) is 6.81. The minimum atomic E-state index is 0.797. The first-order valence-corrected chi connectivity index (χ1v) is 9.66. The third-order valence-corrected chi connectivity index (χ3v) is 5.35. The fraction of sp³-hybridized carbons (Fsp3) is 0.0952. The van der Waals surface area contributed by atoms with Crippen molar-refractivity contribution in [3.8, 4) is 11.3 Å². The number of imidazole rings is 1. The topological polar surface area (TPSA) is 55.1 Å². The molecule has 2 aromatic carbocycles. The average Bonchev–Trinajstić information content (AvgIpc) is 3.27. The Labute approximate surface area is 160 Å². The molecule has 0 aliphatic rings. The maximum atomic E-state index is 4.74. The van der Waals surface area contributed by atoms with Gasteiger partial charge in [-0.2, -0.15) is 0 Å². The number of hydrogen-bond donors (Lipinski definition) is 1. The quantitative estimate of drug-likeness (QED) is 0.488. The van der Waals surface area contributed by atoms with E-state index in [1.807, 2.05) is 35.1 Å². The van der Waals surface area contributed by atoms with Gasteiger partial charge in [-0.1, -0.05) is 53.8 Å². The molecule has 0 atom stereocenters. The van der Waals surface area contributed by atoms with Gasteiger partial charge in [0.05, 0.1) is 11.9 Å². The van der Waals surface area contributed by atoms with E-state index in [0.717, 1.165) is 40.0 Å². The molecule has 5 nitrogen and oxygen atoms in total. The smallest absolute Gasteiger partial charge is 0.214 e. The lowest BCUT2D eigenvalue weighted by Gasteiger charge is -2.01. The van der Waals surface area contributed by atoms with E-state index in [9.17, 15) is 0 Å². The maximum absolute atomic E-state index is 4.74. The number of hydrogen-bond acceptors (Lipinski definition) is 5. The molecule has 1 N–H and O–H groups in total. The average molecular weight is 371 g/mol. The number of nitrogens with zero attached hydrogens (tertiary/aromatic N) is 4. The zero-order valence-corrected chi connectivity index (χ0v) is 15.4. The van der Waals surface area contributed by atoms with Gasteiger partial charge in [-0.05, 0) is 29.0 Å². The van der Waals surface area contributed by atoms with Crippen molar-refractivity contribution in [1.82, 2.24) is 19.6 Å². The summed E-state index contributed by atoms with van der Waals surface area (Å²) >= 11 is 1.56. The van der Waals surface area contributed by atoms with Gasteiger partial charge >= 0.3 is 0 Å². The highest BCUT2D eigenvalue weighted by atomic mass is 32.1. The van der Waals surface area contributed by atoms with E-state index in [4.69, 9.17) is 4.98 Å². The van der Waals surface area contributed by atoms with Crippen LogP contribution in [0.25, 0.3) is 27.0 Å². The van der Waals surface area contributed by atoms with Gasteiger partial charge in [-0.15, -0.1) is 5.10 Å². The summed E-state index contributed by atoms with van der Waals surface area (Å²) in [6.07, 6.45) is 4.67. The van der Waals surface area contributed by atoms with Crippen molar-refractivity contribution in [2.45, 2.75) is 6.42 Å². The summed E-state index contributed by atoms with van der Waals surface area (Å²) in [6.45, 7) is 0.797. The molecular weight excluding hydrogens is 354 g/mol. The van der Waals surface area contributed by atoms with Crippen LogP contribution in [0.4, 0.5) is 5.13 Å². The summed E-state index contributed by atoms with van der Waals surface area (Å²) < 4.78 is 1.85. The molecule has 0 spiro atoms. The van der Waals surface area contributed by atoms with Crippen LogP contribution in [0.3, 0.4) is 0 Å². The van der Waals surface area contributed by atoms with E-state index in [1.165, 1.54) is 10.8 Å².